The van der Waals surface area contributed by atoms with Crippen LogP contribution in [0.1, 0.15) is 45.6 Å². The van der Waals surface area contributed by atoms with Crippen LogP contribution in [-0.2, 0) is 0 Å². The van der Waals surface area contributed by atoms with Crippen molar-refractivity contribution in [2.75, 3.05) is 0 Å². The molecule has 0 heteroatoms. The number of rotatable bonds is 8. The minimum Gasteiger partial charge on any atom is -0.0883 e. The number of hydrogen-bond donors (Lipinski definition) is 0. The fourth-order valence-corrected chi connectivity index (χ4v) is 1.91. The molecular formula is C20H28. The van der Waals surface area contributed by atoms with E-state index in [4.69, 9.17) is 0 Å². The molecule has 0 aliphatic heterocycles. The Labute approximate surface area is 124 Å². The lowest BCUT2D eigenvalue weighted by Gasteiger charge is -2.04. The standard InChI is InChI=1S/C20H28/c1-18(2)12-10-11-14-19(3)13-6-4-7-15-20-16-8-5-9-17-20/h4-11,15-19H,12-14H2,1-3H3. The highest BCUT2D eigenvalue weighted by Crippen LogP contribution is 2.10. The third kappa shape index (κ3) is 8.53. The summed E-state index contributed by atoms with van der Waals surface area (Å²) in [5, 5.41) is 0. The zero-order valence-electron chi connectivity index (χ0n) is 13.1. The molecule has 108 valence electrons. The minimum absolute atomic E-state index is 0.722. The quantitative estimate of drug-likeness (QED) is 0.385. The van der Waals surface area contributed by atoms with Crippen molar-refractivity contribution in [1.82, 2.24) is 0 Å². The van der Waals surface area contributed by atoms with Gasteiger partial charge < -0.3 is 0 Å². The first-order valence-corrected chi connectivity index (χ1v) is 7.71. The van der Waals surface area contributed by atoms with Crippen LogP contribution < -0.4 is 0 Å². The van der Waals surface area contributed by atoms with Crippen molar-refractivity contribution in [3.8, 4) is 0 Å². The van der Waals surface area contributed by atoms with E-state index in [1.807, 2.05) is 6.07 Å². The van der Waals surface area contributed by atoms with Crippen LogP contribution in [0.15, 0.2) is 60.7 Å². The Kier molecular flexibility index (Phi) is 8.46. The highest BCUT2D eigenvalue weighted by Gasteiger charge is 1.95. The van der Waals surface area contributed by atoms with Gasteiger partial charge in [-0.25, -0.2) is 0 Å². The fraction of sp³-hybridized carbons (Fsp3) is 0.400. The van der Waals surface area contributed by atoms with E-state index in [0.717, 1.165) is 18.3 Å². The Balaban J connectivity index is 2.20. The van der Waals surface area contributed by atoms with Crippen molar-refractivity contribution >= 4 is 6.08 Å². The predicted octanol–water partition coefficient (Wildman–Crippen LogP) is 6.27. The Bertz CT molecular complexity index is 421. The lowest BCUT2D eigenvalue weighted by Crippen LogP contribution is -1.89. The van der Waals surface area contributed by atoms with Crippen molar-refractivity contribution in [3.63, 3.8) is 0 Å². The Hall–Kier alpha value is -1.56. The summed E-state index contributed by atoms with van der Waals surface area (Å²) in [6.45, 7) is 6.83. The molecule has 0 fully saturated rings. The molecule has 0 aromatic heterocycles. The summed E-state index contributed by atoms with van der Waals surface area (Å²) in [6.07, 6.45) is 16.9. The average molecular weight is 268 g/mol. The van der Waals surface area contributed by atoms with Gasteiger partial charge in [-0.05, 0) is 36.7 Å². The summed E-state index contributed by atoms with van der Waals surface area (Å²) in [6, 6.07) is 10.4. The van der Waals surface area contributed by atoms with Crippen LogP contribution in [0.5, 0.6) is 0 Å². The molecule has 0 saturated heterocycles. The zero-order chi connectivity index (χ0) is 14.6. The van der Waals surface area contributed by atoms with Gasteiger partial charge in [0.25, 0.3) is 0 Å². The van der Waals surface area contributed by atoms with E-state index in [1.165, 1.54) is 18.4 Å². The Morgan fingerprint density at radius 2 is 1.45 bits per heavy atom. The van der Waals surface area contributed by atoms with Gasteiger partial charge in [-0.2, -0.15) is 0 Å². The van der Waals surface area contributed by atoms with Crippen molar-refractivity contribution in [3.05, 3.63) is 66.3 Å². The molecule has 0 radical (unpaired) electrons. The zero-order valence-corrected chi connectivity index (χ0v) is 13.1. The normalized spacial score (nSPS) is 14.0. The summed E-state index contributed by atoms with van der Waals surface area (Å²) in [7, 11) is 0. The maximum atomic E-state index is 2.33. The molecule has 1 aromatic carbocycles. The molecule has 1 rings (SSSR count). The lowest BCUT2D eigenvalue weighted by atomic mass is 10.0. The highest BCUT2D eigenvalue weighted by atomic mass is 14.0. The molecule has 0 N–H and O–H groups in total. The molecule has 1 unspecified atom stereocenters. The van der Waals surface area contributed by atoms with Crippen LogP contribution in [0.25, 0.3) is 6.08 Å². The summed E-state index contributed by atoms with van der Waals surface area (Å²) < 4.78 is 0. The molecule has 0 spiro atoms. The van der Waals surface area contributed by atoms with Crippen LogP contribution in [0.4, 0.5) is 0 Å². The van der Waals surface area contributed by atoms with E-state index in [1.54, 1.807) is 0 Å². The summed E-state index contributed by atoms with van der Waals surface area (Å²) in [5.41, 5.74) is 1.25. The van der Waals surface area contributed by atoms with E-state index in [2.05, 4.69) is 81.5 Å². The highest BCUT2D eigenvalue weighted by molar-refractivity contribution is 5.50. The molecule has 0 saturated carbocycles. The molecule has 0 aliphatic rings. The molecule has 0 amide bonds. The second kappa shape index (κ2) is 10.3. The summed E-state index contributed by atoms with van der Waals surface area (Å²) in [4.78, 5) is 0. The van der Waals surface area contributed by atoms with Gasteiger partial charge in [0.05, 0.1) is 0 Å². The first-order valence-electron chi connectivity index (χ1n) is 7.71. The first kappa shape index (κ1) is 16.5. The molecule has 0 aliphatic carbocycles. The van der Waals surface area contributed by atoms with Crippen LogP contribution in [0.2, 0.25) is 0 Å². The van der Waals surface area contributed by atoms with E-state index >= 15 is 0 Å². The summed E-state index contributed by atoms with van der Waals surface area (Å²) in [5.74, 6) is 1.49. The first-order chi connectivity index (χ1) is 9.68. The fourth-order valence-electron chi connectivity index (χ4n) is 1.91. The number of allylic oxidation sites excluding steroid dienone is 5. The number of hydrogen-bond acceptors (Lipinski definition) is 0. The van der Waals surface area contributed by atoms with Crippen LogP contribution in [-0.4, -0.2) is 0 Å². The van der Waals surface area contributed by atoms with Gasteiger partial charge in [0, 0.05) is 0 Å². The molecular weight excluding hydrogens is 240 g/mol. The molecule has 20 heavy (non-hydrogen) atoms. The maximum Gasteiger partial charge on any atom is -0.0257 e. The van der Waals surface area contributed by atoms with E-state index in [-0.39, 0.29) is 0 Å². The van der Waals surface area contributed by atoms with Gasteiger partial charge in [0.2, 0.25) is 0 Å². The van der Waals surface area contributed by atoms with E-state index < -0.39 is 0 Å². The summed E-state index contributed by atoms with van der Waals surface area (Å²) >= 11 is 0. The smallest absolute Gasteiger partial charge is 0.0257 e. The molecule has 1 aromatic rings. The van der Waals surface area contributed by atoms with Gasteiger partial charge in [-0.3, -0.25) is 0 Å². The van der Waals surface area contributed by atoms with Crippen molar-refractivity contribution in [2.45, 2.75) is 40.0 Å². The average Bonchev–Trinajstić information content (AvgIpc) is 2.44. The predicted molar refractivity (Wildman–Crippen MR) is 91.6 cm³/mol. The largest absolute Gasteiger partial charge is 0.0883 e. The Morgan fingerprint density at radius 3 is 2.15 bits per heavy atom. The second-order valence-corrected chi connectivity index (χ2v) is 5.88. The van der Waals surface area contributed by atoms with Crippen molar-refractivity contribution in [2.24, 2.45) is 11.8 Å². The van der Waals surface area contributed by atoms with Gasteiger partial charge in [-0.1, -0.05) is 87.6 Å². The van der Waals surface area contributed by atoms with Crippen LogP contribution in [0.3, 0.4) is 0 Å². The molecule has 1 atom stereocenters. The molecule has 0 nitrogen and oxygen atoms in total. The van der Waals surface area contributed by atoms with Crippen LogP contribution in [0, 0.1) is 11.8 Å². The molecule has 0 bridgehead atoms. The van der Waals surface area contributed by atoms with E-state index in [9.17, 15) is 0 Å². The van der Waals surface area contributed by atoms with Gasteiger partial charge in [0.15, 0.2) is 0 Å². The Morgan fingerprint density at radius 1 is 0.800 bits per heavy atom. The van der Waals surface area contributed by atoms with Gasteiger partial charge in [-0.15, -0.1) is 0 Å². The van der Waals surface area contributed by atoms with Crippen molar-refractivity contribution < 1.29 is 0 Å². The monoisotopic (exact) mass is 268 g/mol. The van der Waals surface area contributed by atoms with Gasteiger partial charge >= 0.3 is 0 Å². The topological polar surface area (TPSA) is 0 Å². The van der Waals surface area contributed by atoms with Gasteiger partial charge in [0.1, 0.15) is 0 Å². The van der Waals surface area contributed by atoms with Crippen LogP contribution >= 0.6 is 0 Å². The van der Waals surface area contributed by atoms with E-state index in [0.29, 0.717) is 0 Å². The van der Waals surface area contributed by atoms with Crippen molar-refractivity contribution in [1.29, 1.82) is 0 Å². The third-order valence-electron chi connectivity index (χ3n) is 3.19. The second-order valence-electron chi connectivity index (χ2n) is 5.88. The minimum atomic E-state index is 0.722. The third-order valence-corrected chi connectivity index (χ3v) is 3.19. The SMILES string of the molecule is CC(C)CC=CCC(C)CC=CC=Cc1ccccc1. The number of benzene rings is 1. The molecule has 0 heterocycles. The maximum absolute atomic E-state index is 2.33. The lowest BCUT2D eigenvalue weighted by molar-refractivity contribution is 0.598.